The van der Waals surface area contributed by atoms with Gasteiger partial charge in [-0.2, -0.15) is 0 Å². The highest BCUT2D eigenvalue weighted by atomic mass is 32.1. The maximum absolute atomic E-state index is 13.4. The lowest BCUT2D eigenvalue weighted by molar-refractivity contribution is -0.135. The molecule has 1 aliphatic heterocycles. The molecule has 2 amide bonds. The van der Waals surface area contributed by atoms with E-state index in [0.29, 0.717) is 30.5 Å². The summed E-state index contributed by atoms with van der Waals surface area (Å²) in [5.74, 6) is 1.14. The molecule has 0 N–H and O–H groups in total. The average Bonchev–Trinajstić information content (AvgIpc) is 3.53. The van der Waals surface area contributed by atoms with Crippen LogP contribution >= 0.6 is 22.7 Å². The van der Waals surface area contributed by atoms with Gasteiger partial charge in [-0.1, -0.05) is 32.0 Å². The third-order valence-corrected chi connectivity index (χ3v) is 7.95. The van der Waals surface area contributed by atoms with Crippen LogP contribution in [0.2, 0.25) is 0 Å². The summed E-state index contributed by atoms with van der Waals surface area (Å²) in [4.78, 5) is 31.7. The fourth-order valence-electron chi connectivity index (χ4n) is 4.14. The quantitative estimate of drug-likeness (QED) is 0.420. The normalized spacial score (nSPS) is 15.4. The fraction of sp³-hybridized carbons (Fsp3) is 0.385. The second-order valence-electron chi connectivity index (χ2n) is 8.48. The van der Waals surface area contributed by atoms with Crippen LogP contribution in [0, 0.1) is 0 Å². The zero-order valence-electron chi connectivity index (χ0n) is 19.3. The molecule has 0 bridgehead atoms. The topological polar surface area (TPSA) is 49.9 Å². The van der Waals surface area contributed by atoms with E-state index in [4.69, 9.17) is 4.74 Å². The molecule has 1 atom stereocenters. The van der Waals surface area contributed by atoms with Crippen molar-refractivity contribution >= 4 is 34.5 Å². The number of thiophene rings is 2. The Bertz CT molecular complexity index is 1070. The van der Waals surface area contributed by atoms with E-state index in [0.717, 1.165) is 17.7 Å². The highest BCUT2D eigenvalue weighted by Gasteiger charge is 2.33. The van der Waals surface area contributed by atoms with Gasteiger partial charge in [0.15, 0.2) is 0 Å². The lowest BCUT2D eigenvalue weighted by Crippen LogP contribution is -2.47. The minimum atomic E-state index is -0.159. The number of carbonyl (C=O) groups excluding carboxylic acids is 2. The molecule has 0 spiro atoms. The molecule has 0 saturated carbocycles. The first-order valence-corrected chi connectivity index (χ1v) is 13.1. The minimum absolute atomic E-state index is 0.0395. The monoisotopic (exact) mass is 482 g/mol. The molecule has 1 aromatic carbocycles. The Morgan fingerprint density at radius 2 is 1.91 bits per heavy atom. The maximum Gasteiger partial charge on any atom is 0.264 e. The first-order chi connectivity index (χ1) is 16.0. The third kappa shape index (κ3) is 5.31. The van der Waals surface area contributed by atoms with Gasteiger partial charge in [0.1, 0.15) is 18.9 Å². The molecule has 5 nitrogen and oxygen atoms in total. The van der Waals surface area contributed by atoms with E-state index in [-0.39, 0.29) is 24.4 Å². The minimum Gasteiger partial charge on any atom is -0.491 e. The van der Waals surface area contributed by atoms with E-state index in [1.54, 1.807) is 22.3 Å². The van der Waals surface area contributed by atoms with Crippen LogP contribution in [0.3, 0.4) is 0 Å². The first kappa shape index (κ1) is 23.5. The molecule has 174 valence electrons. The molecular formula is C26H30N2O3S2. The van der Waals surface area contributed by atoms with Crippen LogP contribution in [0.15, 0.2) is 53.2 Å². The first-order valence-electron chi connectivity index (χ1n) is 11.4. The number of likely N-dealkylation sites (N-methyl/N-ethyl adjacent to an activating group) is 1. The Labute approximate surface area is 203 Å². The average molecular weight is 483 g/mol. The van der Waals surface area contributed by atoms with Gasteiger partial charge in [-0.3, -0.25) is 9.59 Å². The van der Waals surface area contributed by atoms with Gasteiger partial charge in [-0.15, -0.1) is 22.7 Å². The number of benzene rings is 1. The molecule has 2 aromatic heterocycles. The van der Waals surface area contributed by atoms with Gasteiger partial charge in [0.25, 0.3) is 5.91 Å². The Hall–Kier alpha value is -2.64. The van der Waals surface area contributed by atoms with Crippen molar-refractivity contribution in [2.75, 3.05) is 26.2 Å². The molecule has 0 radical (unpaired) electrons. The zero-order chi connectivity index (χ0) is 23.4. The van der Waals surface area contributed by atoms with Gasteiger partial charge >= 0.3 is 0 Å². The predicted octanol–water partition coefficient (Wildman–Crippen LogP) is 5.60. The van der Waals surface area contributed by atoms with E-state index in [9.17, 15) is 9.59 Å². The Kier molecular flexibility index (Phi) is 7.50. The zero-order valence-corrected chi connectivity index (χ0v) is 21.0. The highest BCUT2D eigenvalue weighted by Crippen LogP contribution is 2.34. The van der Waals surface area contributed by atoms with Crippen LogP contribution in [-0.2, 0) is 11.2 Å². The lowest BCUT2D eigenvalue weighted by atomic mass is 10.00. The molecule has 1 unspecified atom stereocenters. The van der Waals surface area contributed by atoms with Crippen molar-refractivity contribution < 1.29 is 14.3 Å². The van der Waals surface area contributed by atoms with Crippen molar-refractivity contribution in [1.82, 2.24) is 9.80 Å². The van der Waals surface area contributed by atoms with Gasteiger partial charge in [-0.05, 0) is 65.4 Å². The standard InChI is InChI=1S/C26H30N2O3S2/c1-4-27(26(30)24-6-5-14-32-24)16-25(29)28-13-11-23-21(12-15-33-23)22(28)17-31-20-9-7-19(8-10-20)18(2)3/h5-10,12,14-15,18,22H,4,11,13,16-17H2,1-3H3. The van der Waals surface area contributed by atoms with Crippen molar-refractivity contribution in [3.8, 4) is 5.75 Å². The van der Waals surface area contributed by atoms with E-state index in [1.165, 1.54) is 21.8 Å². The van der Waals surface area contributed by atoms with Crippen LogP contribution < -0.4 is 4.74 Å². The predicted molar refractivity (Wildman–Crippen MR) is 134 cm³/mol. The van der Waals surface area contributed by atoms with Crippen LogP contribution in [0.25, 0.3) is 0 Å². The summed E-state index contributed by atoms with van der Waals surface area (Å²) in [6, 6.07) is 13.8. The van der Waals surface area contributed by atoms with Gasteiger partial charge in [0, 0.05) is 18.0 Å². The summed E-state index contributed by atoms with van der Waals surface area (Å²) < 4.78 is 6.16. The fourth-order valence-corrected chi connectivity index (χ4v) is 5.76. The van der Waals surface area contributed by atoms with Crippen molar-refractivity contribution in [3.63, 3.8) is 0 Å². The molecule has 3 heterocycles. The van der Waals surface area contributed by atoms with Crippen LogP contribution in [0.1, 0.15) is 58.4 Å². The smallest absolute Gasteiger partial charge is 0.264 e. The Balaban J connectivity index is 1.48. The van der Waals surface area contributed by atoms with Crippen molar-refractivity contribution in [2.24, 2.45) is 0 Å². The van der Waals surface area contributed by atoms with Gasteiger partial charge < -0.3 is 14.5 Å². The molecule has 1 aliphatic rings. The molecule has 3 aromatic rings. The SMILES string of the molecule is CCN(CC(=O)N1CCc2sccc2C1COc1ccc(C(C)C)cc1)C(=O)c1cccs1. The number of amides is 2. The molecular weight excluding hydrogens is 452 g/mol. The summed E-state index contributed by atoms with van der Waals surface area (Å²) in [7, 11) is 0. The second-order valence-corrected chi connectivity index (χ2v) is 10.4. The van der Waals surface area contributed by atoms with Gasteiger partial charge in [0.05, 0.1) is 10.9 Å². The van der Waals surface area contributed by atoms with Gasteiger partial charge in [0.2, 0.25) is 5.91 Å². The van der Waals surface area contributed by atoms with E-state index >= 15 is 0 Å². The third-order valence-electron chi connectivity index (χ3n) is 6.10. The Morgan fingerprint density at radius 3 is 2.58 bits per heavy atom. The van der Waals surface area contributed by atoms with E-state index < -0.39 is 0 Å². The molecule has 0 saturated heterocycles. The summed E-state index contributed by atoms with van der Waals surface area (Å²) in [6.07, 6.45) is 0.837. The summed E-state index contributed by atoms with van der Waals surface area (Å²) >= 11 is 3.14. The number of nitrogens with zero attached hydrogens (tertiary/aromatic N) is 2. The number of ether oxygens (including phenoxy) is 1. The number of hydrogen-bond acceptors (Lipinski definition) is 5. The molecule has 0 aliphatic carbocycles. The second kappa shape index (κ2) is 10.5. The van der Waals surface area contributed by atoms with Crippen LogP contribution in [-0.4, -0.2) is 47.9 Å². The highest BCUT2D eigenvalue weighted by molar-refractivity contribution is 7.12. The largest absolute Gasteiger partial charge is 0.491 e. The number of fused-ring (bicyclic) bond motifs is 1. The van der Waals surface area contributed by atoms with Crippen LogP contribution in [0.5, 0.6) is 5.75 Å². The van der Waals surface area contributed by atoms with Crippen molar-refractivity contribution in [1.29, 1.82) is 0 Å². The van der Waals surface area contributed by atoms with E-state index in [2.05, 4.69) is 37.4 Å². The summed E-state index contributed by atoms with van der Waals surface area (Å²) in [5.41, 5.74) is 2.43. The van der Waals surface area contributed by atoms with E-state index in [1.807, 2.05) is 35.4 Å². The number of hydrogen-bond donors (Lipinski definition) is 0. The van der Waals surface area contributed by atoms with Crippen molar-refractivity contribution in [2.45, 2.75) is 39.2 Å². The number of rotatable bonds is 8. The number of carbonyl (C=O) groups is 2. The summed E-state index contributed by atoms with van der Waals surface area (Å²) in [5, 5.41) is 3.97. The summed E-state index contributed by atoms with van der Waals surface area (Å²) in [6.45, 7) is 7.84. The van der Waals surface area contributed by atoms with Crippen LogP contribution in [0.4, 0.5) is 0 Å². The van der Waals surface area contributed by atoms with Crippen molar-refractivity contribution in [3.05, 3.63) is 74.1 Å². The molecule has 0 fully saturated rings. The Morgan fingerprint density at radius 1 is 1.12 bits per heavy atom. The molecule has 4 rings (SSSR count). The lowest BCUT2D eigenvalue weighted by Gasteiger charge is -2.37. The maximum atomic E-state index is 13.4. The molecule has 33 heavy (non-hydrogen) atoms. The van der Waals surface area contributed by atoms with Gasteiger partial charge in [-0.25, -0.2) is 0 Å². The molecule has 7 heteroatoms.